The minimum absolute atomic E-state index is 0.107. The fourth-order valence-electron chi connectivity index (χ4n) is 3.25. The summed E-state index contributed by atoms with van der Waals surface area (Å²) in [6, 6.07) is 12.0. The highest BCUT2D eigenvalue weighted by molar-refractivity contribution is 7.92. The van der Waals surface area contributed by atoms with Crippen LogP contribution in [0.4, 0.5) is 5.69 Å². The van der Waals surface area contributed by atoms with Crippen molar-refractivity contribution in [3.63, 3.8) is 0 Å². The summed E-state index contributed by atoms with van der Waals surface area (Å²) in [6.45, 7) is -0.343. The predicted octanol–water partition coefficient (Wildman–Crippen LogP) is 1.57. The summed E-state index contributed by atoms with van der Waals surface area (Å²) in [4.78, 5) is 29.1. The van der Waals surface area contributed by atoms with Crippen LogP contribution >= 0.6 is 0 Å². The molecule has 176 valence electrons. The molecule has 0 unspecified atom stereocenters. The van der Waals surface area contributed by atoms with E-state index in [4.69, 9.17) is 9.47 Å². The van der Waals surface area contributed by atoms with E-state index in [1.165, 1.54) is 67.8 Å². The van der Waals surface area contributed by atoms with Crippen LogP contribution in [0.25, 0.3) is 11.0 Å². The molecule has 11 nitrogen and oxygen atoms in total. The van der Waals surface area contributed by atoms with Crippen molar-refractivity contribution in [1.29, 1.82) is 0 Å². The number of esters is 1. The third kappa shape index (κ3) is 4.35. The van der Waals surface area contributed by atoms with Crippen LogP contribution in [0.15, 0.2) is 70.7 Å². The van der Waals surface area contributed by atoms with Gasteiger partial charge in [-0.3, -0.25) is 18.3 Å². The second-order valence-electron chi connectivity index (χ2n) is 7.30. The number of carbonyl (C=O) groups is 1. The Morgan fingerprint density at radius 3 is 2.35 bits per heavy atom. The summed E-state index contributed by atoms with van der Waals surface area (Å²) >= 11 is 0. The number of aryl methyl sites for hydroxylation is 1. The van der Waals surface area contributed by atoms with E-state index in [2.05, 4.69) is 10.1 Å². The maximum absolute atomic E-state index is 12.9. The molecular formula is C22H21N5O6S. The van der Waals surface area contributed by atoms with Gasteiger partial charge in [0.15, 0.2) is 5.65 Å². The molecule has 0 atom stereocenters. The topological polar surface area (TPSA) is 126 Å². The third-order valence-corrected chi connectivity index (χ3v) is 6.97. The number of fused-ring (bicyclic) bond motifs is 1. The van der Waals surface area contributed by atoms with Crippen LogP contribution in [0.1, 0.15) is 0 Å². The number of aromatic nitrogens is 4. The van der Waals surface area contributed by atoms with Gasteiger partial charge in [-0.15, -0.1) is 0 Å². The molecule has 4 aromatic rings. The fourth-order valence-corrected chi connectivity index (χ4v) is 4.45. The van der Waals surface area contributed by atoms with Crippen LogP contribution in [-0.2, 0) is 28.4 Å². The van der Waals surface area contributed by atoms with Gasteiger partial charge in [-0.25, -0.2) is 18.2 Å². The van der Waals surface area contributed by atoms with Crippen LogP contribution in [-0.4, -0.2) is 47.9 Å². The number of ether oxygens (including phenoxy) is 2. The summed E-state index contributed by atoms with van der Waals surface area (Å²) in [5, 5.41) is 4.28. The highest BCUT2D eigenvalue weighted by atomic mass is 32.2. The normalized spacial score (nSPS) is 11.4. The van der Waals surface area contributed by atoms with E-state index >= 15 is 0 Å². The van der Waals surface area contributed by atoms with Gasteiger partial charge in [-0.05, 0) is 48.5 Å². The van der Waals surface area contributed by atoms with Crippen LogP contribution in [0.2, 0.25) is 0 Å². The van der Waals surface area contributed by atoms with Crippen LogP contribution in [0.3, 0.4) is 0 Å². The molecule has 0 aliphatic carbocycles. The lowest BCUT2D eigenvalue weighted by molar-refractivity contribution is -0.135. The monoisotopic (exact) mass is 483 g/mol. The highest BCUT2D eigenvalue weighted by Crippen LogP contribution is 2.25. The first-order valence-corrected chi connectivity index (χ1v) is 11.5. The van der Waals surface area contributed by atoms with E-state index in [0.717, 1.165) is 8.87 Å². The lowest BCUT2D eigenvalue weighted by Crippen LogP contribution is -2.27. The number of rotatable bonds is 7. The molecule has 12 heteroatoms. The van der Waals surface area contributed by atoms with Gasteiger partial charge in [0, 0.05) is 14.1 Å². The summed E-state index contributed by atoms with van der Waals surface area (Å²) in [5.41, 5.74) is 0.382. The molecule has 0 amide bonds. The number of anilines is 1. The van der Waals surface area contributed by atoms with Gasteiger partial charge in [0.1, 0.15) is 29.8 Å². The smallest absolute Gasteiger partial charge is 0.331 e. The van der Waals surface area contributed by atoms with E-state index in [1.54, 1.807) is 19.2 Å². The van der Waals surface area contributed by atoms with E-state index in [0.29, 0.717) is 22.5 Å². The molecule has 0 saturated heterocycles. The molecule has 2 heterocycles. The molecule has 0 aliphatic heterocycles. The van der Waals surface area contributed by atoms with Crippen molar-refractivity contribution in [3.05, 3.63) is 71.4 Å². The zero-order chi connectivity index (χ0) is 24.5. The Kier molecular flexibility index (Phi) is 6.07. The molecule has 2 aromatic carbocycles. The number of sulfonamides is 1. The second kappa shape index (κ2) is 8.98. The van der Waals surface area contributed by atoms with Crippen molar-refractivity contribution in [2.24, 2.45) is 7.05 Å². The Morgan fingerprint density at radius 1 is 1.06 bits per heavy atom. The summed E-state index contributed by atoms with van der Waals surface area (Å²) in [7, 11) is 0.791. The first-order chi connectivity index (χ1) is 16.2. The van der Waals surface area contributed by atoms with Gasteiger partial charge in [0.25, 0.3) is 15.6 Å². The van der Waals surface area contributed by atoms with E-state index in [9.17, 15) is 18.0 Å². The molecule has 0 saturated carbocycles. The second-order valence-corrected chi connectivity index (χ2v) is 9.27. The predicted molar refractivity (Wildman–Crippen MR) is 123 cm³/mol. The molecule has 0 radical (unpaired) electrons. The number of nitrogens with zero attached hydrogens (tertiary/aromatic N) is 5. The standard InChI is InChI=1S/C22H21N5O6S/c1-25-21-19(12-24-25)22(29)27(14-23-21)13-20(28)33-17-6-4-15(5-7-17)26(2)34(30,31)18-10-8-16(32-3)9-11-18/h4-12,14H,13H2,1-3H3. The minimum atomic E-state index is -3.80. The van der Waals surface area contributed by atoms with Crippen LogP contribution < -0.4 is 19.3 Å². The van der Waals surface area contributed by atoms with Crippen molar-refractivity contribution in [3.8, 4) is 11.5 Å². The molecule has 2 aromatic heterocycles. The molecule has 0 N–H and O–H groups in total. The van der Waals surface area contributed by atoms with Gasteiger partial charge < -0.3 is 9.47 Å². The minimum Gasteiger partial charge on any atom is -0.497 e. The Labute approximate surface area is 194 Å². The number of benzene rings is 2. The van der Waals surface area contributed by atoms with Crippen LogP contribution in [0, 0.1) is 0 Å². The van der Waals surface area contributed by atoms with E-state index in [1.807, 2.05) is 0 Å². The first kappa shape index (κ1) is 23.0. The summed E-state index contributed by atoms with van der Waals surface area (Å²) < 4.78 is 39.8. The molecule has 34 heavy (non-hydrogen) atoms. The number of hydrogen-bond donors (Lipinski definition) is 0. The van der Waals surface area contributed by atoms with Gasteiger partial charge in [0.2, 0.25) is 0 Å². The van der Waals surface area contributed by atoms with Gasteiger partial charge in [0.05, 0.1) is 23.9 Å². The largest absolute Gasteiger partial charge is 0.497 e. The molecule has 0 spiro atoms. The molecule has 0 fully saturated rings. The number of hydrogen-bond acceptors (Lipinski definition) is 8. The Hall–Kier alpha value is -4.19. The Balaban J connectivity index is 1.45. The SMILES string of the molecule is COc1ccc(S(=O)(=O)N(C)c2ccc(OC(=O)Cn3cnc4c(cnn4C)c3=O)cc2)cc1. The zero-order valence-corrected chi connectivity index (χ0v) is 19.4. The van der Waals surface area contributed by atoms with Crippen LogP contribution in [0.5, 0.6) is 11.5 Å². The maximum atomic E-state index is 12.9. The average molecular weight is 484 g/mol. The Morgan fingerprint density at radius 2 is 1.71 bits per heavy atom. The lowest BCUT2D eigenvalue weighted by Gasteiger charge is -2.20. The molecule has 4 rings (SSSR count). The number of methoxy groups -OCH3 is 1. The van der Waals surface area contributed by atoms with Crippen molar-refractivity contribution in [2.75, 3.05) is 18.5 Å². The highest BCUT2D eigenvalue weighted by Gasteiger charge is 2.21. The van der Waals surface area contributed by atoms with Gasteiger partial charge in [-0.1, -0.05) is 0 Å². The zero-order valence-electron chi connectivity index (χ0n) is 18.6. The van der Waals surface area contributed by atoms with Gasteiger partial charge >= 0.3 is 5.97 Å². The van der Waals surface area contributed by atoms with E-state index in [-0.39, 0.29) is 17.2 Å². The molecule has 0 bridgehead atoms. The van der Waals surface area contributed by atoms with Crippen molar-refractivity contribution in [1.82, 2.24) is 19.3 Å². The quantitative estimate of drug-likeness (QED) is 0.286. The third-order valence-electron chi connectivity index (χ3n) is 5.17. The average Bonchev–Trinajstić information content (AvgIpc) is 3.22. The molecule has 0 aliphatic rings. The van der Waals surface area contributed by atoms with E-state index < -0.39 is 21.6 Å². The maximum Gasteiger partial charge on any atom is 0.331 e. The first-order valence-electron chi connectivity index (χ1n) is 10.0. The summed E-state index contributed by atoms with van der Waals surface area (Å²) in [5.74, 6) is 0.0673. The lowest BCUT2D eigenvalue weighted by atomic mass is 10.3. The van der Waals surface area contributed by atoms with Gasteiger partial charge in [-0.2, -0.15) is 5.10 Å². The Bertz CT molecular complexity index is 1510. The molecular weight excluding hydrogens is 462 g/mol. The summed E-state index contributed by atoms with van der Waals surface area (Å²) in [6.07, 6.45) is 2.65. The van der Waals surface area contributed by atoms with Crippen molar-refractivity contribution in [2.45, 2.75) is 11.4 Å². The van der Waals surface area contributed by atoms with Crippen molar-refractivity contribution >= 4 is 32.7 Å². The van der Waals surface area contributed by atoms with Crippen molar-refractivity contribution < 1.29 is 22.7 Å². The fraction of sp³-hybridized carbons (Fsp3) is 0.182. The number of carbonyl (C=O) groups excluding carboxylic acids is 1.